The molecule has 0 spiro atoms. The van der Waals surface area contributed by atoms with E-state index in [1.165, 1.54) is 0 Å². The summed E-state index contributed by atoms with van der Waals surface area (Å²) < 4.78 is 1.89. The number of carbonyl (C=O) groups excluding carboxylic acids is 1. The highest BCUT2D eigenvalue weighted by Crippen LogP contribution is 2.25. The number of carbonyl (C=O) groups is 1. The minimum Gasteiger partial charge on any atom is -0.322 e. The third kappa shape index (κ3) is 3.41. The number of aryl methyl sites for hydroxylation is 1. The number of pyridine rings is 1. The fourth-order valence-corrected chi connectivity index (χ4v) is 3.19. The van der Waals surface area contributed by atoms with Gasteiger partial charge in [0.1, 0.15) is 0 Å². The van der Waals surface area contributed by atoms with Gasteiger partial charge in [0.25, 0.3) is 5.91 Å². The van der Waals surface area contributed by atoms with Gasteiger partial charge < -0.3 is 5.32 Å². The van der Waals surface area contributed by atoms with Crippen LogP contribution in [0.2, 0.25) is 5.02 Å². The van der Waals surface area contributed by atoms with Crippen LogP contribution in [0.1, 0.15) is 17.3 Å². The number of nitrogens with one attached hydrogen (secondary N) is 1. The molecule has 2 aromatic carbocycles. The molecule has 0 aliphatic carbocycles. The van der Waals surface area contributed by atoms with E-state index in [1.807, 2.05) is 60.3 Å². The number of fused-ring (bicyclic) bond motifs is 1. The fourth-order valence-electron chi connectivity index (χ4n) is 2.99. The third-order valence-electron chi connectivity index (χ3n) is 4.37. The second kappa shape index (κ2) is 7.21. The summed E-state index contributed by atoms with van der Waals surface area (Å²) >= 11 is 6.27. The summed E-state index contributed by atoms with van der Waals surface area (Å²) in [7, 11) is 0. The van der Waals surface area contributed by atoms with Crippen molar-refractivity contribution in [3.63, 3.8) is 0 Å². The summed E-state index contributed by atoms with van der Waals surface area (Å²) in [6.45, 7) is 2.79. The average molecular weight is 377 g/mol. The minimum atomic E-state index is -0.264. The van der Waals surface area contributed by atoms with Crippen molar-refractivity contribution in [1.29, 1.82) is 0 Å². The zero-order chi connectivity index (χ0) is 18.8. The quantitative estimate of drug-likeness (QED) is 0.543. The second-order valence-electron chi connectivity index (χ2n) is 6.10. The molecule has 0 bridgehead atoms. The third-order valence-corrected chi connectivity index (χ3v) is 4.70. The van der Waals surface area contributed by atoms with Gasteiger partial charge in [-0.15, -0.1) is 0 Å². The lowest BCUT2D eigenvalue weighted by Crippen LogP contribution is -2.12. The van der Waals surface area contributed by atoms with E-state index in [2.05, 4.69) is 15.4 Å². The van der Waals surface area contributed by atoms with Gasteiger partial charge in [0.15, 0.2) is 0 Å². The molecule has 0 unspecified atom stereocenters. The number of rotatable bonds is 4. The summed E-state index contributed by atoms with van der Waals surface area (Å²) in [6.07, 6.45) is 3.54. The Morgan fingerprint density at radius 3 is 2.81 bits per heavy atom. The number of hydrogen-bond donors (Lipinski definition) is 1. The first-order chi connectivity index (χ1) is 13.2. The monoisotopic (exact) mass is 376 g/mol. The van der Waals surface area contributed by atoms with Crippen LogP contribution in [0.15, 0.2) is 67.0 Å². The highest BCUT2D eigenvalue weighted by molar-refractivity contribution is 6.34. The van der Waals surface area contributed by atoms with Crippen molar-refractivity contribution >= 4 is 34.1 Å². The summed E-state index contributed by atoms with van der Waals surface area (Å²) in [6, 6.07) is 16.7. The van der Waals surface area contributed by atoms with Crippen LogP contribution >= 0.6 is 11.6 Å². The first-order valence-electron chi connectivity index (χ1n) is 8.63. The molecule has 0 saturated heterocycles. The number of anilines is 1. The van der Waals surface area contributed by atoms with Gasteiger partial charge in [-0.2, -0.15) is 5.10 Å². The number of hydrogen-bond acceptors (Lipinski definition) is 3. The van der Waals surface area contributed by atoms with E-state index in [0.717, 1.165) is 28.7 Å². The smallest absolute Gasteiger partial charge is 0.257 e. The van der Waals surface area contributed by atoms with Crippen LogP contribution in [0.3, 0.4) is 0 Å². The van der Waals surface area contributed by atoms with Crippen molar-refractivity contribution in [1.82, 2.24) is 14.8 Å². The van der Waals surface area contributed by atoms with Crippen molar-refractivity contribution in [3.8, 4) is 11.3 Å². The first kappa shape index (κ1) is 17.2. The number of amides is 1. The molecule has 134 valence electrons. The molecule has 0 radical (unpaired) electrons. The Labute approximate surface area is 161 Å². The topological polar surface area (TPSA) is 59.8 Å². The predicted octanol–water partition coefficient (Wildman–Crippen LogP) is 5.02. The Morgan fingerprint density at radius 1 is 1.15 bits per heavy atom. The molecule has 4 rings (SSSR count). The van der Waals surface area contributed by atoms with Crippen LogP contribution in [0.25, 0.3) is 22.2 Å². The van der Waals surface area contributed by atoms with E-state index in [4.69, 9.17) is 11.6 Å². The highest BCUT2D eigenvalue weighted by Gasteiger charge is 2.13. The Hall–Kier alpha value is -3.18. The molecule has 0 fully saturated rings. The molecule has 5 nitrogen and oxygen atoms in total. The number of halogens is 1. The van der Waals surface area contributed by atoms with E-state index < -0.39 is 0 Å². The number of nitrogens with zero attached hydrogens (tertiary/aromatic N) is 3. The largest absolute Gasteiger partial charge is 0.322 e. The Balaban J connectivity index is 1.65. The van der Waals surface area contributed by atoms with Crippen molar-refractivity contribution in [2.75, 3.05) is 5.32 Å². The maximum Gasteiger partial charge on any atom is 0.257 e. The van der Waals surface area contributed by atoms with Gasteiger partial charge in [0.2, 0.25) is 0 Å². The summed E-state index contributed by atoms with van der Waals surface area (Å²) in [5, 5.41) is 8.68. The second-order valence-corrected chi connectivity index (χ2v) is 6.50. The van der Waals surface area contributed by atoms with Gasteiger partial charge in [-0.25, -0.2) is 0 Å². The summed E-state index contributed by atoms with van der Waals surface area (Å²) in [4.78, 5) is 17.1. The fraction of sp³-hybridized carbons (Fsp3) is 0.0952. The van der Waals surface area contributed by atoms with Gasteiger partial charge in [-0.1, -0.05) is 23.7 Å². The number of aromatic nitrogens is 3. The van der Waals surface area contributed by atoms with Gasteiger partial charge in [-0.3, -0.25) is 14.5 Å². The van der Waals surface area contributed by atoms with Crippen molar-refractivity contribution in [3.05, 3.63) is 77.6 Å². The van der Waals surface area contributed by atoms with Crippen molar-refractivity contribution in [2.24, 2.45) is 0 Å². The molecular weight excluding hydrogens is 360 g/mol. The SMILES string of the molecule is CCn1ncc2ccc(NC(=O)c3cc(-c4ccccn4)ccc3Cl)cc21. The molecule has 0 aliphatic heterocycles. The lowest BCUT2D eigenvalue weighted by molar-refractivity contribution is 0.102. The van der Waals surface area contributed by atoms with Gasteiger partial charge in [0.05, 0.1) is 28.0 Å². The Bertz CT molecular complexity index is 1120. The van der Waals surface area contributed by atoms with Crippen LogP contribution in [0.5, 0.6) is 0 Å². The zero-order valence-electron chi connectivity index (χ0n) is 14.7. The molecule has 0 atom stereocenters. The summed E-state index contributed by atoms with van der Waals surface area (Å²) in [5.74, 6) is -0.264. The minimum absolute atomic E-state index is 0.264. The maximum atomic E-state index is 12.8. The molecule has 6 heteroatoms. The van der Waals surface area contributed by atoms with E-state index in [9.17, 15) is 4.79 Å². The highest BCUT2D eigenvalue weighted by atomic mass is 35.5. The van der Waals surface area contributed by atoms with E-state index in [1.54, 1.807) is 18.3 Å². The zero-order valence-corrected chi connectivity index (χ0v) is 15.4. The van der Waals surface area contributed by atoms with Gasteiger partial charge >= 0.3 is 0 Å². The molecule has 0 aliphatic rings. The van der Waals surface area contributed by atoms with Crippen LogP contribution in [-0.4, -0.2) is 20.7 Å². The molecule has 1 N–H and O–H groups in total. The summed E-state index contributed by atoms with van der Waals surface area (Å²) in [5.41, 5.74) is 3.70. The van der Waals surface area contributed by atoms with Crippen LogP contribution in [0, 0.1) is 0 Å². The predicted molar refractivity (Wildman–Crippen MR) is 108 cm³/mol. The standard InChI is InChI=1S/C21H17ClN4O/c1-2-26-20-12-16(8-6-15(20)13-24-26)25-21(27)17-11-14(7-9-18(17)22)19-5-3-4-10-23-19/h3-13H,2H2,1H3,(H,25,27). The average Bonchev–Trinajstić information content (AvgIpc) is 3.11. The van der Waals surface area contributed by atoms with E-state index in [-0.39, 0.29) is 5.91 Å². The number of benzene rings is 2. The molecule has 1 amide bonds. The molecule has 4 aromatic rings. The van der Waals surface area contributed by atoms with Gasteiger partial charge in [-0.05, 0) is 49.4 Å². The van der Waals surface area contributed by atoms with E-state index >= 15 is 0 Å². The molecule has 0 saturated carbocycles. The van der Waals surface area contributed by atoms with Crippen molar-refractivity contribution in [2.45, 2.75) is 13.5 Å². The van der Waals surface area contributed by atoms with E-state index in [0.29, 0.717) is 16.3 Å². The Kier molecular flexibility index (Phi) is 4.60. The first-order valence-corrected chi connectivity index (χ1v) is 9.01. The lowest BCUT2D eigenvalue weighted by Gasteiger charge is -2.09. The lowest BCUT2D eigenvalue weighted by atomic mass is 10.1. The van der Waals surface area contributed by atoms with Crippen LogP contribution < -0.4 is 5.32 Å². The maximum absolute atomic E-state index is 12.8. The molecule has 27 heavy (non-hydrogen) atoms. The molecule has 2 heterocycles. The van der Waals surface area contributed by atoms with Crippen LogP contribution in [0.4, 0.5) is 5.69 Å². The molecular formula is C21H17ClN4O. The van der Waals surface area contributed by atoms with Crippen molar-refractivity contribution < 1.29 is 4.79 Å². The van der Waals surface area contributed by atoms with Crippen LogP contribution in [-0.2, 0) is 6.54 Å². The normalized spacial score (nSPS) is 10.9. The van der Waals surface area contributed by atoms with Gasteiger partial charge in [0, 0.05) is 29.4 Å². The molecule has 2 aromatic heterocycles. The Morgan fingerprint density at radius 2 is 2.04 bits per heavy atom.